The standard InChI is InChI=1S/C20H17N5OS2/c1-2-27-20-23-22-19(28-20)21-18(26)16-13-25(15-11-7-4-8-12-15)24-17(16)14-9-5-3-6-10-14/h3-13H,2H2,1H3,(H,21,22,26). The van der Waals surface area contributed by atoms with Gasteiger partial charge in [0.15, 0.2) is 4.34 Å². The Morgan fingerprint density at radius 1 is 1.07 bits per heavy atom. The number of para-hydroxylation sites is 1. The number of benzene rings is 2. The summed E-state index contributed by atoms with van der Waals surface area (Å²) in [5.41, 5.74) is 2.86. The van der Waals surface area contributed by atoms with E-state index >= 15 is 0 Å². The average molecular weight is 408 g/mol. The summed E-state index contributed by atoms with van der Waals surface area (Å²) in [5.74, 6) is 0.648. The van der Waals surface area contributed by atoms with Crippen molar-refractivity contribution in [2.75, 3.05) is 11.1 Å². The van der Waals surface area contributed by atoms with Gasteiger partial charge in [-0.05, 0) is 17.9 Å². The van der Waals surface area contributed by atoms with Gasteiger partial charge in [-0.25, -0.2) is 4.68 Å². The maximum absolute atomic E-state index is 13.0. The van der Waals surface area contributed by atoms with E-state index in [0.717, 1.165) is 21.3 Å². The van der Waals surface area contributed by atoms with Crippen molar-refractivity contribution >= 4 is 34.1 Å². The van der Waals surface area contributed by atoms with E-state index in [1.807, 2.05) is 60.7 Å². The maximum atomic E-state index is 13.0. The average Bonchev–Trinajstić information content (AvgIpc) is 3.37. The molecule has 4 aromatic rings. The highest BCUT2D eigenvalue weighted by Gasteiger charge is 2.20. The molecule has 1 N–H and O–H groups in total. The normalized spacial score (nSPS) is 10.8. The van der Waals surface area contributed by atoms with Gasteiger partial charge in [0.1, 0.15) is 5.69 Å². The Morgan fingerprint density at radius 3 is 2.50 bits per heavy atom. The van der Waals surface area contributed by atoms with Gasteiger partial charge in [-0.2, -0.15) is 5.10 Å². The number of thioether (sulfide) groups is 1. The number of rotatable bonds is 6. The monoisotopic (exact) mass is 407 g/mol. The first kappa shape index (κ1) is 18.4. The van der Waals surface area contributed by atoms with Crippen LogP contribution in [-0.2, 0) is 0 Å². The fourth-order valence-electron chi connectivity index (χ4n) is 2.67. The zero-order valence-electron chi connectivity index (χ0n) is 15.1. The van der Waals surface area contributed by atoms with Crippen LogP contribution in [0.25, 0.3) is 16.9 Å². The highest BCUT2D eigenvalue weighted by Crippen LogP contribution is 2.27. The third-order valence-electron chi connectivity index (χ3n) is 3.92. The number of carbonyl (C=O) groups is 1. The third kappa shape index (κ3) is 3.97. The molecule has 2 aromatic heterocycles. The number of anilines is 1. The summed E-state index contributed by atoms with van der Waals surface area (Å²) >= 11 is 2.96. The Bertz CT molecular complexity index is 1080. The first-order chi connectivity index (χ1) is 13.7. The third-order valence-corrected chi connectivity index (χ3v) is 5.78. The molecule has 0 saturated heterocycles. The molecule has 0 aliphatic carbocycles. The largest absolute Gasteiger partial charge is 0.296 e. The van der Waals surface area contributed by atoms with Gasteiger partial charge >= 0.3 is 0 Å². The van der Waals surface area contributed by atoms with Gasteiger partial charge in [0.2, 0.25) is 5.13 Å². The van der Waals surface area contributed by atoms with E-state index in [0.29, 0.717) is 16.4 Å². The number of nitrogens with one attached hydrogen (secondary N) is 1. The molecular weight excluding hydrogens is 390 g/mol. The van der Waals surface area contributed by atoms with E-state index in [1.54, 1.807) is 22.6 Å². The molecule has 140 valence electrons. The Balaban J connectivity index is 1.69. The van der Waals surface area contributed by atoms with Crippen LogP contribution in [-0.4, -0.2) is 31.6 Å². The van der Waals surface area contributed by atoms with Crippen LogP contribution >= 0.6 is 23.1 Å². The fraction of sp³-hybridized carbons (Fsp3) is 0.100. The first-order valence-corrected chi connectivity index (χ1v) is 10.5. The Hall–Kier alpha value is -2.97. The molecule has 0 saturated carbocycles. The molecule has 4 rings (SSSR count). The second kappa shape index (κ2) is 8.37. The minimum atomic E-state index is -0.259. The lowest BCUT2D eigenvalue weighted by molar-refractivity contribution is 0.102. The van der Waals surface area contributed by atoms with E-state index in [2.05, 4.69) is 27.5 Å². The van der Waals surface area contributed by atoms with Gasteiger partial charge in [0, 0.05) is 11.8 Å². The minimum Gasteiger partial charge on any atom is -0.296 e. The van der Waals surface area contributed by atoms with Crippen LogP contribution in [0, 0.1) is 0 Å². The lowest BCUT2D eigenvalue weighted by Crippen LogP contribution is -2.12. The second-order valence-electron chi connectivity index (χ2n) is 5.80. The number of amides is 1. The number of carbonyl (C=O) groups excluding carboxylic acids is 1. The van der Waals surface area contributed by atoms with Crippen molar-refractivity contribution in [2.24, 2.45) is 0 Å². The summed E-state index contributed by atoms with van der Waals surface area (Å²) in [6, 6.07) is 19.4. The van der Waals surface area contributed by atoms with Crippen molar-refractivity contribution < 1.29 is 4.79 Å². The van der Waals surface area contributed by atoms with Crippen molar-refractivity contribution in [1.82, 2.24) is 20.0 Å². The van der Waals surface area contributed by atoms with Crippen LogP contribution in [0.2, 0.25) is 0 Å². The summed E-state index contributed by atoms with van der Waals surface area (Å²) in [6.07, 6.45) is 1.75. The van der Waals surface area contributed by atoms with E-state index in [4.69, 9.17) is 0 Å². The predicted octanol–water partition coefficient (Wildman–Crippen LogP) is 4.76. The number of nitrogens with zero attached hydrogens (tertiary/aromatic N) is 4. The highest BCUT2D eigenvalue weighted by atomic mass is 32.2. The molecule has 0 atom stereocenters. The lowest BCUT2D eigenvalue weighted by Gasteiger charge is -2.02. The van der Waals surface area contributed by atoms with Gasteiger partial charge in [-0.3, -0.25) is 10.1 Å². The van der Waals surface area contributed by atoms with Crippen molar-refractivity contribution in [2.45, 2.75) is 11.3 Å². The van der Waals surface area contributed by atoms with Gasteiger partial charge in [-0.1, -0.05) is 78.6 Å². The molecule has 0 bridgehead atoms. The van der Waals surface area contributed by atoms with E-state index < -0.39 is 0 Å². The Kier molecular flexibility index (Phi) is 5.50. The summed E-state index contributed by atoms with van der Waals surface area (Å²) in [7, 11) is 0. The molecule has 0 aliphatic heterocycles. The quantitative estimate of drug-likeness (QED) is 0.369. The van der Waals surface area contributed by atoms with Gasteiger partial charge in [0.05, 0.1) is 11.3 Å². The van der Waals surface area contributed by atoms with Crippen LogP contribution in [0.4, 0.5) is 5.13 Å². The van der Waals surface area contributed by atoms with Crippen molar-refractivity contribution in [3.63, 3.8) is 0 Å². The summed E-state index contributed by atoms with van der Waals surface area (Å²) in [4.78, 5) is 13.0. The number of hydrogen-bond donors (Lipinski definition) is 1. The van der Waals surface area contributed by atoms with Crippen LogP contribution in [0.1, 0.15) is 17.3 Å². The van der Waals surface area contributed by atoms with Crippen LogP contribution in [0.3, 0.4) is 0 Å². The van der Waals surface area contributed by atoms with Gasteiger partial charge in [0.25, 0.3) is 5.91 Å². The van der Waals surface area contributed by atoms with Crippen LogP contribution in [0.5, 0.6) is 0 Å². The first-order valence-electron chi connectivity index (χ1n) is 8.72. The van der Waals surface area contributed by atoms with E-state index in [9.17, 15) is 4.79 Å². The fourth-order valence-corrected chi connectivity index (χ4v) is 4.31. The molecule has 28 heavy (non-hydrogen) atoms. The molecule has 6 nitrogen and oxygen atoms in total. The zero-order valence-corrected chi connectivity index (χ0v) is 16.7. The molecule has 0 fully saturated rings. The topological polar surface area (TPSA) is 72.7 Å². The zero-order chi connectivity index (χ0) is 19.3. The number of aromatic nitrogens is 4. The van der Waals surface area contributed by atoms with Crippen molar-refractivity contribution in [3.8, 4) is 16.9 Å². The van der Waals surface area contributed by atoms with Crippen molar-refractivity contribution in [3.05, 3.63) is 72.4 Å². The molecular formula is C20H17N5OS2. The van der Waals surface area contributed by atoms with Crippen LogP contribution in [0.15, 0.2) is 71.2 Å². The van der Waals surface area contributed by atoms with E-state index in [1.165, 1.54) is 11.3 Å². The summed E-state index contributed by atoms with van der Waals surface area (Å²) < 4.78 is 2.55. The summed E-state index contributed by atoms with van der Waals surface area (Å²) in [5, 5.41) is 16.1. The molecule has 2 aromatic carbocycles. The molecule has 1 amide bonds. The SMILES string of the molecule is CCSc1nnc(NC(=O)c2cn(-c3ccccc3)nc2-c2ccccc2)s1. The minimum absolute atomic E-state index is 0.259. The van der Waals surface area contributed by atoms with E-state index in [-0.39, 0.29) is 5.91 Å². The van der Waals surface area contributed by atoms with Gasteiger partial charge < -0.3 is 0 Å². The molecule has 0 unspecified atom stereocenters. The maximum Gasteiger partial charge on any atom is 0.261 e. The van der Waals surface area contributed by atoms with Crippen LogP contribution < -0.4 is 5.32 Å². The number of hydrogen-bond acceptors (Lipinski definition) is 6. The molecule has 0 spiro atoms. The lowest BCUT2D eigenvalue weighted by atomic mass is 10.1. The second-order valence-corrected chi connectivity index (χ2v) is 8.29. The smallest absolute Gasteiger partial charge is 0.261 e. The molecule has 2 heterocycles. The molecule has 0 radical (unpaired) electrons. The van der Waals surface area contributed by atoms with Crippen molar-refractivity contribution in [1.29, 1.82) is 0 Å². The Morgan fingerprint density at radius 2 is 1.79 bits per heavy atom. The molecule has 0 aliphatic rings. The van der Waals surface area contributed by atoms with Gasteiger partial charge in [-0.15, -0.1) is 10.2 Å². The highest BCUT2D eigenvalue weighted by molar-refractivity contribution is 8.01. The summed E-state index contributed by atoms with van der Waals surface area (Å²) in [6.45, 7) is 2.05. The molecule has 8 heteroatoms. The Labute approximate surface area is 170 Å². The predicted molar refractivity (Wildman–Crippen MR) is 113 cm³/mol.